The van der Waals surface area contributed by atoms with Gasteiger partial charge < -0.3 is 14.2 Å². The third-order valence-electron chi connectivity index (χ3n) is 4.39. The first-order chi connectivity index (χ1) is 12.2. The van der Waals surface area contributed by atoms with Crippen LogP contribution in [0.4, 0.5) is 0 Å². The van der Waals surface area contributed by atoms with E-state index < -0.39 is 0 Å². The summed E-state index contributed by atoms with van der Waals surface area (Å²) >= 11 is 0. The minimum atomic E-state index is 0.0456. The van der Waals surface area contributed by atoms with Gasteiger partial charge in [-0.1, -0.05) is 12.1 Å². The van der Waals surface area contributed by atoms with Crippen LogP contribution in [0.25, 0.3) is 11.5 Å². The number of aromatic nitrogens is 2. The first kappa shape index (κ1) is 17.6. The lowest BCUT2D eigenvalue weighted by Crippen LogP contribution is -2.40. The van der Waals surface area contributed by atoms with Crippen LogP contribution in [0.15, 0.2) is 28.8 Å². The second-order valence-electron chi connectivity index (χ2n) is 6.46. The Bertz CT molecular complexity index is 690. The summed E-state index contributed by atoms with van der Waals surface area (Å²) < 4.78 is 11.0. The summed E-state index contributed by atoms with van der Waals surface area (Å²) in [5.74, 6) is 1.11. The summed E-state index contributed by atoms with van der Waals surface area (Å²) in [5.41, 5.74) is 1.49. The molecule has 1 aliphatic rings. The van der Waals surface area contributed by atoms with Crippen molar-refractivity contribution in [2.24, 2.45) is 0 Å². The maximum absolute atomic E-state index is 12.9. The zero-order valence-corrected chi connectivity index (χ0v) is 14.9. The summed E-state index contributed by atoms with van der Waals surface area (Å²) in [7, 11) is 0. The maximum atomic E-state index is 12.9. The van der Waals surface area contributed by atoms with Crippen LogP contribution < -0.4 is 0 Å². The number of amides is 1. The standard InChI is InChI=1S/C19H25N3O3/c1-3-11-22(13-17-6-4-5-12-24-17)19(23)16-9-7-15(8-10-16)18-20-14(2)21-25-18/h7-10,17H,3-6,11-13H2,1-2H3/t17-/m0/s1. The zero-order chi connectivity index (χ0) is 17.6. The molecule has 0 saturated carbocycles. The van der Waals surface area contributed by atoms with E-state index in [1.165, 1.54) is 6.42 Å². The largest absolute Gasteiger partial charge is 0.376 e. The van der Waals surface area contributed by atoms with E-state index in [2.05, 4.69) is 17.1 Å². The van der Waals surface area contributed by atoms with Gasteiger partial charge in [0.2, 0.25) is 0 Å². The molecule has 1 atom stereocenters. The van der Waals surface area contributed by atoms with Gasteiger partial charge in [0, 0.05) is 30.8 Å². The van der Waals surface area contributed by atoms with Crippen molar-refractivity contribution in [3.8, 4) is 11.5 Å². The van der Waals surface area contributed by atoms with E-state index in [1.807, 2.05) is 29.2 Å². The topological polar surface area (TPSA) is 68.5 Å². The fourth-order valence-electron chi connectivity index (χ4n) is 3.10. The smallest absolute Gasteiger partial charge is 0.257 e. The highest BCUT2D eigenvalue weighted by atomic mass is 16.5. The molecule has 1 saturated heterocycles. The zero-order valence-electron chi connectivity index (χ0n) is 14.9. The van der Waals surface area contributed by atoms with Gasteiger partial charge in [-0.3, -0.25) is 4.79 Å². The molecule has 2 heterocycles. The second kappa shape index (κ2) is 8.25. The summed E-state index contributed by atoms with van der Waals surface area (Å²) in [4.78, 5) is 19.0. The number of carbonyl (C=O) groups excluding carboxylic acids is 1. The molecule has 1 aromatic carbocycles. The number of ether oxygens (including phenoxy) is 1. The van der Waals surface area contributed by atoms with Gasteiger partial charge in [0.05, 0.1) is 6.10 Å². The van der Waals surface area contributed by atoms with Crippen LogP contribution in [0.3, 0.4) is 0 Å². The lowest BCUT2D eigenvalue weighted by Gasteiger charge is -2.30. The van der Waals surface area contributed by atoms with Crippen LogP contribution in [0.2, 0.25) is 0 Å². The van der Waals surface area contributed by atoms with Crippen LogP contribution in [-0.4, -0.2) is 46.7 Å². The van der Waals surface area contributed by atoms with Gasteiger partial charge in [0.15, 0.2) is 5.82 Å². The first-order valence-corrected chi connectivity index (χ1v) is 8.99. The van der Waals surface area contributed by atoms with Crippen molar-refractivity contribution < 1.29 is 14.1 Å². The summed E-state index contributed by atoms with van der Waals surface area (Å²) in [6.45, 7) is 6.07. The van der Waals surface area contributed by atoms with Gasteiger partial charge in [0.1, 0.15) is 0 Å². The molecule has 6 heteroatoms. The van der Waals surface area contributed by atoms with Crippen molar-refractivity contribution in [3.05, 3.63) is 35.7 Å². The van der Waals surface area contributed by atoms with Gasteiger partial charge in [-0.05, 0) is 56.9 Å². The van der Waals surface area contributed by atoms with Gasteiger partial charge in [0.25, 0.3) is 11.8 Å². The van der Waals surface area contributed by atoms with Gasteiger partial charge >= 0.3 is 0 Å². The highest BCUT2D eigenvalue weighted by Gasteiger charge is 2.22. The van der Waals surface area contributed by atoms with E-state index >= 15 is 0 Å². The molecule has 0 spiro atoms. The molecule has 1 fully saturated rings. The van der Waals surface area contributed by atoms with Gasteiger partial charge in [-0.25, -0.2) is 0 Å². The van der Waals surface area contributed by atoms with Crippen molar-refractivity contribution in [2.75, 3.05) is 19.7 Å². The third-order valence-corrected chi connectivity index (χ3v) is 4.39. The molecule has 0 N–H and O–H groups in total. The predicted molar refractivity (Wildman–Crippen MR) is 94.3 cm³/mol. The Kier molecular flexibility index (Phi) is 5.81. The number of carbonyl (C=O) groups is 1. The molecule has 1 aliphatic heterocycles. The molecule has 3 rings (SSSR count). The van der Waals surface area contributed by atoms with E-state index in [-0.39, 0.29) is 12.0 Å². The molecular formula is C19H25N3O3. The average molecular weight is 343 g/mol. The molecule has 0 radical (unpaired) electrons. The Labute approximate surface area is 148 Å². The molecule has 1 aromatic heterocycles. The molecule has 25 heavy (non-hydrogen) atoms. The third kappa shape index (κ3) is 4.45. The fraction of sp³-hybridized carbons (Fsp3) is 0.526. The molecular weight excluding hydrogens is 318 g/mol. The Morgan fingerprint density at radius 1 is 1.28 bits per heavy atom. The van der Waals surface area contributed by atoms with Crippen LogP contribution in [0.1, 0.15) is 48.8 Å². The van der Waals surface area contributed by atoms with E-state index in [0.29, 0.717) is 23.8 Å². The molecule has 0 bridgehead atoms. The van der Waals surface area contributed by atoms with Crippen molar-refractivity contribution in [1.29, 1.82) is 0 Å². The highest BCUT2D eigenvalue weighted by molar-refractivity contribution is 5.94. The SMILES string of the molecule is CCCN(C[C@@H]1CCCCO1)C(=O)c1ccc(-c2nc(C)no2)cc1. The van der Waals surface area contributed by atoms with E-state index in [0.717, 1.165) is 38.0 Å². The second-order valence-corrected chi connectivity index (χ2v) is 6.46. The number of benzene rings is 1. The number of hydrogen-bond donors (Lipinski definition) is 0. The minimum Gasteiger partial charge on any atom is -0.376 e. The maximum Gasteiger partial charge on any atom is 0.257 e. The highest BCUT2D eigenvalue weighted by Crippen LogP contribution is 2.20. The molecule has 1 amide bonds. The monoisotopic (exact) mass is 343 g/mol. The van der Waals surface area contributed by atoms with Crippen LogP contribution in [-0.2, 0) is 4.74 Å². The molecule has 0 unspecified atom stereocenters. The average Bonchev–Trinajstić information content (AvgIpc) is 3.08. The van der Waals surface area contributed by atoms with Crippen molar-refractivity contribution in [2.45, 2.75) is 45.6 Å². The summed E-state index contributed by atoms with van der Waals surface area (Å²) in [6.07, 6.45) is 4.41. The Morgan fingerprint density at radius 2 is 2.08 bits per heavy atom. The fourth-order valence-corrected chi connectivity index (χ4v) is 3.10. The minimum absolute atomic E-state index is 0.0456. The Morgan fingerprint density at radius 3 is 2.68 bits per heavy atom. The molecule has 6 nitrogen and oxygen atoms in total. The molecule has 134 valence electrons. The predicted octanol–water partition coefficient (Wildman–Crippen LogP) is 3.47. The van der Waals surface area contributed by atoms with Crippen molar-refractivity contribution >= 4 is 5.91 Å². The first-order valence-electron chi connectivity index (χ1n) is 8.99. The van der Waals surface area contributed by atoms with E-state index in [1.54, 1.807) is 6.92 Å². The number of nitrogens with zero attached hydrogens (tertiary/aromatic N) is 3. The lowest BCUT2D eigenvalue weighted by molar-refractivity contribution is -0.00383. The number of rotatable bonds is 6. The van der Waals surface area contributed by atoms with Crippen molar-refractivity contribution in [1.82, 2.24) is 15.0 Å². The van der Waals surface area contributed by atoms with E-state index in [4.69, 9.17) is 9.26 Å². The van der Waals surface area contributed by atoms with Gasteiger partial charge in [-0.2, -0.15) is 4.98 Å². The van der Waals surface area contributed by atoms with Crippen molar-refractivity contribution in [3.63, 3.8) is 0 Å². The van der Waals surface area contributed by atoms with Crippen LogP contribution in [0.5, 0.6) is 0 Å². The van der Waals surface area contributed by atoms with Crippen LogP contribution in [0, 0.1) is 6.92 Å². The Hall–Kier alpha value is -2.21. The number of hydrogen-bond acceptors (Lipinski definition) is 5. The normalized spacial score (nSPS) is 17.4. The Balaban J connectivity index is 1.70. The summed E-state index contributed by atoms with van der Waals surface area (Å²) in [6, 6.07) is 7.34. The quantitative estimate of drug-likeness (QED) is 0.803. The number of aryl methyl sites for hydroxylation is 1. The van der Waals surface area contributed by atoms with Crippen LogP contribution >= 0.6 is 0 Å². The molecule has 2 aromatic rings. The molecule has 0 aliphatic carbocycles. The summed E-state index contributed by atoms with van der Waals surface area (Å²) in [5, 5.41) is 3.79. The van der Waals surface area contributed by atoms with E-state index in [9.17, 15) is 4.79 Å². The van der Waals surface area contributed by atoms with Gasteiger partial charge in [-0.15, -0.1) is 0 Å². The lowest BCUT2D eigenvalue weighted by atomic mass is 10.1.